The molecule has 1 unspecified atom stereocenters. The Kier molecular flexibility index (Phi) is 5.35. The summed E-state index contributed by atoms with van der Waals surface area (Å²) in [6, 6.07) is 5.18. The highest BCUT2D eigenvalue weighted by molar-refractivity contribution is 9.10. The van der Waals surface area contributed by atoms with Crippen molar-refractivity contribution in [2.75, 3.05) is 18.0 Å². The molecule has 19 heavy (non-hydrogen) atoms. The predicted octanol–water partition coefficient (Wildman–Crippen LogP) is 2.09. The van der Waals surface area contributed by atoms with Crippen molar-refractivity contribution in [3.63, 3.8) is 0 Å². The molecule has 0 saturated carbocycles. The number of carbonyl (C=O) groups excluding carboxylic acids is 1. The molecule has 1 atom stereocenters. The zero-order valence-electron chi connectivity index (χ0n) is 10.9. The van der Waals surface area contributed by atoms with Gasteiger partial charge in [0.25, 0.3) is 0 Å². The fraction of sp³-hybridized carbons (Fsp3) is 0.385. The summed E-state index contributed by atoms with van der Waals surface area (Å²) < 4.78 is 0.610. The standard InChI is InChI=1S/C13H17BrN2O3/c1-3-16(7-8(2)13(18)19)9-4-5-10(12(15)17)11(14)6-9/h4-6,8H,3,7H2,1-2H3,(H2,15,17)(H,18,19). The molecule has 6 heteroatoms. The number of nitrogens with zero attached hydrogens (tertiary/aromatic N) is 1. The van der Waals surface area contributed by atoms with E-state index in [0.29, 0.717) is 23.1 Å². The van der Waals surface area contributed by atoms with Gasteiger partial charge in [0.2, 0.25) is 5.91 Å². The Labute approximate surface area is 120 Å². The van der Waals surface area contributed by atoms with Crippen LogP contribution in [0.4, 0.5) is 5.69 Å². The molecule has 0 radical (unpaired) electrons. The van der Waals surface area contributed by atoms with Crippen molar-refractivity contribution < 1.29 is 14.7 Å². The van der Waals surface area contributed by atoms with Gasteiger partial charge in [-0.15, -0.1) is 0 Å². The number of hydrogen-bond acceptors (Lipinski definition) is 3. The van der Waals surface area contributed by atoms with Crippen LogP contribution in [0.2, 0.25) is 0 Å². The van der Waals surface area contributed by atoms with E-state index in [1.165, 1.54) is 0 Å². The van der Waals surface area contributed by atoms with E-state index in [-0.39, 0.29) is 0 Å². The maximum Gasteiger partial charge on any atom is 0.308 e. The Bertz CT molecular complexity index is 491. The number of carboxylic acids is 1. The molecule has 0 aliphatic heterocycles. The number of halogens is 1. The minimum absolute atomic E-state index is 0.408. The topological polar surface area (TPSA) is 83.6 Å². The molecule has 1 amide bonds. The molecule has 0 aliphatic carbocycles. The monoisotopic (exact) mass is 328 g/mol. The zero-order valence-corrected chi connectivity index (χ0v) is 12.5. The van der Waals surface area contributed by atoms with Crippen LogP contribution in [0, 0.1) is 5.92 Å². The highest BCUT2D eigenvalue weighted by Crippen LogP contribution is 2.24. The van der Waals surface area contributed by atoms with Crippen molar-refractivity contribution in [3.8, 4) is 0 Å². The number of nitrogens with two attached hydrogens (primary N) is 1. The minimum atomic E-state index is -0.828. The molecule has 0 fully saturated rings. The molecular weight excluding hydrogens is 312 g/mol. The first-order valence-electron chi connectivity index (χ1n) is 5.93. The van der Waals surface area contributed by atoms with Crippen molar-refractivity contribution in [1.29, 1.82) is 0 Å². The number of aliphatic carboxylic acids is 1. The minimum Gasteiger partial charge on any atom is -0.481 e. The van der Waals surface area contributed by atoms with Gasteiger partial charge in [0.05, 0.1) is 11.5 Å². The van der Waals surface area contributed by atoms with Crippen LogP contribution in [0.15, 0.2) is 22.7 Å². The first kappa shape index (κ1) is 15.5. The number of carboxylic acid groups (broad SMARTS) is 1. The first-order chi connectivity index (χ1) is 8.86. The van der Waals surface area contributed by atoms with E-state index in [9.17, 15) is 9.59 Å². The third-order valence-corrected chi connectivity index (χ3v) is 3.54. The molecule has 1 aromatic rings. The van der Waals surface area contributed by atoms with Crippen LogP contribution >= 0.6 is 15.9 Å². The molecule has 1 rings (SSSR count). The summed E-state index contributed by atoms with van der Waals surface area (Å²) in [6.45, 7) is 4.70. The molecule has 0 aliphatic rings. The van der Waals surface area contributed by atoms with Gasteiger partial charge in [-0.25, -0.2) is 0 Å². The van der Waals surface area contributed by atoms with Crippen molar-refractivity contribution in [1.82, 2.24) is 0 Å². The summed E-state index contributed by atoms with van der Waals surface area (Å²) in [5.74, 6) is -1.79. The number of amides is 1. The zero-order chi connectivity index (χ0) is 14.6. The lowest BCUT2D eigenvalue weighted by Crippen LogP contribution is -2.31. The Morgan fingerprint density at radius 3 is 2.53 bits per heavy atom. The fourth-order valence-corrected chi connectivity index (χ4v) is 2.29. The van der Waals surface area contributed by atoms with Crippen LogP contribution in [0.5, 0.6) is 0 Å². The number of hydrogen-bond donors (Lipinski definition) is 2. The average Bonchev–Trinajstić information content (AvgIpc) is 2.34. The highest BCUT2D eigenvalue weighted by Gasteiger charge is 2.16. The van der Waals surface area contributed by atoms with E-state index >= 15 is 0 Å². The number of anilines is 1. The van der Waals surface area contributed by atoms with Crippen molar-refractivity contribution >= 4 is 33.5 Å². The van der Waals surface area contributed by atoms with E-state index in [1.807, 2.05) is 11.8 Å². The van der Waals surface area contributed by atoms with Gasteiger partial charge in [-0.2, -0.15) is 0 Å². The molecule has 0 heterocycles. The second kappa shape index (κ2) is 6.56. The quantitative estimate of drug-likeness (QED) is 0.837. The normalized spacial score (nSPS) is 11.9. The Balaban J connectivity index is 2.96. The summed E-state index contributed by atoms with van der Waals surface area (Å²) in [4.78, 5) is 24.0. The summed E-state index contributed by atoms with van der Waals surface area (Å²) in [5.41, 5.74) is 6.50. The summed E-state index contributed by atoms with van der Waals surface area (Å²) in [7, 11) is 0. The van der Waals surface area contributed by atoms with E-state index in [4.69, 9.17) is 10.8 Å². The summed E-state index contributed by atoms with van der Waals surface area (Å²) in [5, 5.41) is 8.95. The second-order valence-electron chi connectivity index (χ2n) is 4.31. The largest absolute Gasteiger partial charge is 0.481 e. The van der Waals surface area contributed by atoms with Gasteiger partial charge in [0, 0.05) is 23.2 Å². The smallest absolute Gasteiger partial charge is 0.308 e. The van der Waals surface area contributed by atoms with Crippen molar-refractivity contribution in [3.05, 3.63) is 28.2 Å². The van der Waals surface area contributed by atoms with Crippen LogP contribution in [0.3, 0.4) is 0 Å². The molecule has 3 N–H and O–H groups in total. The molecule has 0 bridgehead atoms. The lowest BCUT2D eigenvalue weighted by atomic mass is 10.1. The van der Waals surface area contributed by atoms with E-state index < -0.39 is 17.8 Å². The van der Waals surface area contributed by atoms with Gasteiger partial charge in [0.15, 0.2) is 0 Å². The van der Waals surface area contributed by atoms with Gasteiger partial charge >= 0.3 is 5.97 Å². The Morgan fingerprint density at radius 1 is 1.47 bits per heavy atom. The maximum atomic E-state index is 11.1. The molecule has 5 nitrogen and oxygen atoms in total. The molecule has 0 spiro atoms. The SMILES string of the molecule is CCN(CC(C)C(=O)O)c1ccc(C(N)=O)c(Br)c1. The van der Waals surface area contributed by atoms with Crippen molar-refractivity contribution in [2.24, 2.45) is 11.7 Å². The van der Waals surface area contributed by atoms with E-state index in [0.717, 1.165) is 5.69 Å². The average molecular weight is 329 g/mol. The first-order valence-corrected chi connectivity index (χ1v) is 6.73. The molecule has 104 valence electrons. The second-order valence-corrected chi connectivity index (χ2v) is 5.16. The Hall–Kier alpha value is -1.56. The third kappa shape index (κ3) is 3.96. The van der Waals surface area contributed by atoms with Crippen LogP contribution in [0.25, 0.3) is 0 Å². The third-order valence-electron chi connectivity index (χ3n) is 2.88. The molecular formula is C13H17BrN2O3. The molecule has 0 aromatic heterocycles. The van der Waals surface area contributed by atoms with Gasteiger partial charge in [-0.1, -0.05) is 6.92 Å². The van der Waals surface area contributed by atoms with Crippen molar-refractivity contribution in [2.45, 2.75) is 13.8 Å². The van der Waals surface area contributed by atoms with Gasteiger partial charge < -0.3 is 15.7 Å². The highest BCUT2D eigenvalue weighted by atomic mass is 79.9. The van der Waals surface area contributed by atoms with E-state index in [2.05, 4.69) is 15.9 Å². The van der Waals surface area contributed by atoms with Gasteiger partial charge in [0.1, 0.15) is 0 Å². The maximum absolute atomic E-state index is 11.1. The van der Waals surface area contributed by atoms with E-state index in [1.54, 1.807) is 25.1 Å². The van der Waals surface area contributed by atoms with Crippen LogP contribution in [-0.2, 0) is 4.79 Å². The number of benzene rings is 1. The van der Waals surface area contributed by atoms with Gasteiger partial charge in [-0.3, -0.25) is 9.59 Å². The number of carbonyl (C=O) groups is 2. The number of primary amides is 1. The van der Waals surface area contributed by atoms with Crippen LogP contribution in [0.1, 0.15) is 24.2 Å². The predicted molar refractivity (Wildman–Crippen MR) is 77.3 cm³/mol. The molecule has 0 saturated heterocycles. The van der Waals surface area contributed by atoms with Crippen LogP contribution in [-0.4, -0.2) is 30.1 Å². The van der Waals surface area contributed by atoms with Crippen LogP contribution < -0.4 is 10.6 Å². The lowest BCUT2D eigenvalue weighted by Gasteiger charge is -2.25. The Morgan fingerprint density at radius 2 is 2.11 bits per heavy atom. The number of rotatable bonds is 6. The lowest BCUT2D eigenvalue weighted by molar-refractivity contribution is -0.140. The summed E-state index contributed by atoms with van der Waals surface area (Å²) >= 11 is 3.30. The summed E-state index contributed by atoms with van der Waals surface area (Å²) in [6.07, 6.45) is 0. The van der Waals surface area contributed by atoms with Gasteiger partial charge in [-0.05, 0) is 41.1 Å². The fourth-order valence-electron chi connectivity index (χ4n) is 1.73. The molecule has 1 aromatic carbocycles.